The smallest absolute Gasteiger partial charge is 0.253 e. The maximum absolute atomic E-state index is 12.2. The minimum Gasteiger partial charge on any atom is -0.368 e. The van der Waals surface area contributed by atoms with Crippen molar-refractivity contribution in [3.05, 3.63) is 24.0 Å². The highest BCUT2D eigenvalue weighted by molar-refractivity contribution is 5.96. The molecule has 7 nitrogen and oxygen atoms in total. The average molecular weight is 384 g/mol. The van der Waals surface area contributed by atoms with Gasteiger partial charge in [0.25, 0.3) is 5.91 Å². The zero-order valence-corrected chi connectivity index (χ0v) is 16.4. The highest BCUT2D eigenvalue weighted by Crippen LogP contribution is 2.25. The Balaban J connectivity index is 1.38. The van der Waals surface area contributed by atoms with Crippen molar-refractivity contribution in [1.29, 1.82) is 0 Å². The van der Waals surface area contributed by atoms with E-state index in [-0.39, 0.29) is 23.8 Å². The second kappa shape index (κ2) is 8.31. The fraction of sp³-hybridized carbons (Fsp3) is 0.571. The summed E-state index contributed by atoms with van der Waals surface area (Å²) in [6, 6.07) is 5.75. The first-order valence-electron chi connectivity index (χ1n) is 10.3. The molecule has 1 aliphatic heterocycles. The van der Waals surface area contributed by atoms with Crippen LogP contribution in [0.1, 0.15) is 44.3 Å². The summed E-state index contributed by atoms with van der Waals surface area (Å²) in [6.07, 6.45) is 6.38. The van der Waals surface area contributed by atoms with Gasteiger partial charge in [0.15, 0.2) is 0 Å². The molecule has 150 valence electrons. The van der Waals surface area contributed by atoms with Gasteiger partial charge in [-0.15, -0.1) is 0 Å². The van der Waals surface area contributed by atoms with E-state index in [0.29, 0.717) is 19.6 Å². The third-order valence-corrected chi connectivity index (χ3v) is 5.84. The molecule has 2 amide bonds. The number of rotatable bonds is 6. The Morgan fingerprint density at radius 1 is 1.18 bits per heavy atom. The Kier molecular flexibility index (Phi) is 5.62. The molecule has 7 heteroatoms. The van der Waals surface area contributed by atoms with Crippen LogP contribution in [0.5, 0.6) is 0 Å². The van der Waals surface area contributed by atoms with Crippen LogP contribution >= 0.6 is 0 Å². The highest BCUT2D eigenvalue weighted by atomic mass is 16.5. The molecule has 0 bridgehead atoms. The van der Waals surface area contributed by atoms with Gasteiger partial charge in [0.2, 0.25) is 5.91 Å². The van der Waals surface area contributed by atoms with Crippen LogP contribution in [0, 0.1) is 5.92 Å². The molecule has 1 unspecified atom stereocenters. The van der Waals surface area contributed by atoms with E-state index < -0.39 is 0 Å². The minimum atomic E-state index is -0.349. The van der Waals surface area contributed by atoms with Gasteiger partial charge in [-0.1, -0.05) is 12.8 Å². The first-order valence-corrected chi connectivity index (χ1v) is 10.3. The van der Waals surface area contributed by atoms with Crippen LogP contribution in [0.15, 0.2) is 18.2 Å². The van der Waals surface area contributed by atoms with E-state index in [9.17, 15) is 9.59 Å². The standard InChI is InChI=1S/C21H28N4O3/c1-25-17-9-8-15(23-21(27)18-7-4-12-28-18)13-16(17)24-19(25)10-11-22-20(26)14-5-2-3-6-14/h8-9,13-14,18H,2-7,10-12H2,1H3,(H,22,26)(H,23,27). The van der Waals surface area contributed by atoms with Crippen molar-refractivity contribution in [3.8, 4) is 0 Å². The molecule has 2 fully saturated rings. The number of aromatic nitrogens is 2. The third-order valence-electron chi connectivity index (χ3n) is 5.84. The molecular formula is C21H28N4O3. The Labute approximate surface area is 164 Å². The number of benzene rings is 1. The molecule has 1 saturated heterocycles. The van der Waals surface area contributed by atoms with Gasteiger partial charge in [-0.05, 0) is 43.9 Å². The van der Waals surface area contributed by atoms with Crippen LogP contribution in [-0.4, -0.2) is 40.6 Å². The summed E-state index contributed by atoms with van der Waals surface area (Å²) < 4.78 is 7.48. The van der Waals surface area contributed by atoms with E-state index in [4.69, 9.17) is 9.72 Å². The average Bonchev–Trinajstić information content (AvgIpc) is 3.44. The Morgan fingerprint density at radius 3 is 2.75 bits per heavy atom. The summed E-state index contributed by atoms with van der Waals surface area (Å²) >= 11 is 0. The number of fused-ring (bicyclic) bond motifs is 1. The van der Waals surface area contributed by atoms with Crippen molar-refractivity contribution in [2.24, 2.45) is 13.0 Å². The lowest BCUT2D eigenvalue weighted by Gasteiger charge is -2.10. The number of nitrogens with one attached hydrogen (secondary N) is 2. The minimum absolute atomic E-state index is 0.0948. The van der Waals surface area contributed by atoms with Gasteiger partial charge in [-0.25, -0.2) is 4.98 Å². The van der Waals surface area contributed by atoms with E-state index in [1.165, 1.54) is 0 Å². The van der Waals surface area contributed by atoms with E-state index in [0.717, 1.165) is 61.1 Å². The molecule has 1 aromatic carbocycles. The lowest BCUT2D eigenvalue weighted by molar-refractivity contribution is -0.125. The first-order chi connectivity index (χ1) is 13.6. The number of aryl methyl sites for hydroxylation is 1. The summed E-state index contributed by atoms with van der Waals surface area (Å²) in [6.45, 7) is 1.24. The molecule has 2 aliphatic rings. The predicted molar refractivity (Wildman–Crippen MR) is 107 cm³/mol. The predicted octanol–water partition coefficient (Wildman–Crippen LogP) is 2.54. The molecule has 1 aromatic heterocycles. The Hall–Kier alpha value is -2.41. The van der Waals surface area contributed by atoms with Crippen LogP contribution in [-0.2, 0) is 27.8 Å². The molecule has 1 aliphatic carbocycles. The van der Waals surface area contributed by atoms with Gasteiger partial charge >= 0.3 is 0 Å². The maximum Gasteiger partial charge on any atom is 0.253 e. The Bertz CT molecular complexity index is 864. The summed E-state index contributed by atoms with van der Waals surface area (Å²) in [5, 5.41) is 5.97. The number of hydrogen-bond acceptors (Lipinski definition) is 4. The number of imidazole rings is 1. The van der Waals surface area contributed by atoms with Gasteiger partial charge in [-0.2, -0.15) is 0 Å². The fourth-order valence-electron chi connectivity index (χ4n) is 4.19. The van der Waals surface area contributed by atoms with Crippen LogP contribution < -0.4 is 10.6 Å². The van der Waals surface area contributed by atoms with Gasteiger partial charge in [0.1, 0.15) is 11.9 Å². The second-order valence-corrected chi connectivity index (χ2v) is 7.80. The van der Waals surface area contributed by atoms with Gasteiger partial charge in [0.05, 0.1) is 11.0 Å². The van der Waals surface area contributed by atoms with Crippen molar-refractivity contribution >= 4 is 28.5 Å². The molecule has 28 heavy (non-hydrogen) atoms. The van der Waals surface area contributed by atoms with E-state index in [1.807, 2.05) is 29.8 Å². The lowest BCUT2D eigenvalue weighted by atomic mass is 10.1. The molecule has 4 rings (SSSR count). The maximum atomic E-state index is 12.2. The molecule has 1 atom stereocenters. The zero-order chi connectivity index (χ0) is 19.5. The molecule has 2 heterocycles. The van der Waals surface area contributed by atoms with Crippen molar-refractivity contribution in [3.63, 3.8) is 0 Å². The van der Waals surface area contributed by atoms with Crippen LogP contribution in [0.4, 0.5) is 5.69 Å². The molecular weight excluding hydrogens is 356 g/mol. The van der Waals surface area contributed by atoms with Gasteiger partial charge in [0, 0.05) is 38.2 Å². The molecule has 0 spiro atoms. The zero-order valence-electron chi connectivity index (χ0n) is 16.4. The Morgan fingerprint density at radius 2 is 2.00 bits per heavy atom. The number of carbonyl (C=O) groups is 2. The second-order valence-electron chi connectivity index (χ2n) is 7.80. The summed E-state index contributed by atoms with van der Waals surface area (Å²) in [7, 11) is 1.98. The highest BCUT2D eigenvalue weighted by Gasteiger charge is 2.24. The van der Waals surface area contributed by atoms with Crippen molar-refractivity contribution in [1.82, 2.24) is 14.9 Å². The third kappa shape index (κ3) is 4.04. The first kappa shape index (κ1) is 18.9. The monoisotopic (exact) mass is 384 g/mol. The fourth-order valence-corrected chi connectivity index (χ4v) is 4.19. The number of nitrogens with zero attached hydrogens (tertiary/aromatic N) is 2. The van der Waals surface area contributed by atoms with Gasteiger partial charge < -0.3 is 19.9 Å². The largest absolute Gasteiger partial charge is 0.368 e. The van der Waals surface area contributed by atoms with Crippen molar-refractivity contribution < 1.29 is 14.3 Å². The number of anilines is 1. The van der Waals surface area contributed by atoms with Crippen molar-refractivity contribution in [2.45, 2.75) is 51.0 Å². The summed E-state index contributed by atoms with van der Waals surface area (Å²) in [5.41, 5.74) is 2.57. The van der Waals surface area contributed by atoms with Crippen LogP contribution in [0.2, 0.25) is 0 Å². The van der Waals surface area contributed by atoms with Crippen LogP contribution in [0.3, 0.4) is 0 Å². The normalized spacial score (nSPS) is 20.0. The molecule has 0 radical (unpaired) electrons. The van der Waals surface area contributed by atoms with Crippen LogP contribution in [0.25, 0.3) is 11.0 Å². The number of amides is 2. The lowest BCUT2D eigenvalue weighted by Crippen LogP contribution is -2.31. The number of hydrogen-bond donors (Lipinski definition) is 2. The molecule has 2 N–H and O–H groups in total. The van der Waals surface area contributed by atoms with Gasteiger partial charge in [-0.3, -0.25) is 9.59 Å². The quantitative estimate of drug-likeness (QED) is 0.801. The van der Waals surface area contributed by atoms with E-state index >= 15 is 0 Å². The van der Waals surface area contributed by atoms with E-state index in [2.05, 4.69) is 10.6 Å². The summed E-state index contributed by atoms with van der Waals surface area (Å²) in [5.74, 6) is 1.19. The number of ether oxygens (including phenoxy) is 1. The SMILES string of the molecule is Cn1c(CCNC(=O)C2CCCC2)nc2cc(NC(=O)C3CCCO3)ccc21. The van der Waals surface area contributed by atoms with E-state index in [1.54, 1.807) is 0 Å². The topological polar surface area (TPSA) is 85.3 Å². The molecule has 1 saturated carbocycles. The number of carbonyl (C=O) groups excluding carboxylic acids is 2. The molecule has 2 aromatic rings. The van der Waals surface area contributed by atoms with Crippen molar-refractivity contribution in [2.75, 3.05) is 18.5 Å². The summed E-state index contributed by atoms with van der Waals surface area (Å²) in [4.78, 5) is 29.1.